The van der Waals surface area contributed by atoms with Gasteiger partial charge in [-0.2, -0.15) is 0 Å². The zero-order valence-corrected chi connectivity index (χ0v) is 11.3. The summed E-state index contributed by atoms with van der Waals surface area (Å²) in [6.45, 7) is 0. The van der Waals surface area contributed by atoms with Gasteiger partial charge in [0.05, 0.1) is 4.47 Å². The van der Waals surface area contributed by atoms with E-state index in [-0.39, 0.29) is 0 Å². The van der Waals surface area contributed by atoms with Crippen molar-refractivity contribution in [3.63, 3.8) is 0 Å². The quantitative estimate of drug-likeness (QED) is 0.663. The molecule has 2 aliphatic carbocycles. The molecule has 0 amide bonds. The van der Waals surface area contributed by atoms with Crippen molar-refractivity contribution < 1.29 is 4.42 Å². The number of furan rings is 1. The van der Waals surface area contributed by atoms with E-state index in [9.17, 15) is 0 Å². The van der Waals surface area contributed by atoms with Gasteiger partial charge >= 0.3 is 0 Å². The van der Waals surface area contributed by atoms with Crippen LogP contribution in [0.5, 0.6) is 0 Å². The molecule has 1 fully saturated rings. The minimum atomic E-state index is 0.683. The van der Waals surface area contributed by atoms with E-state index in [0.717, 1.165) is 6.42 Å². The van der Waals surface area contributed by atoms with Crippen molar-refractivity contribution in [1.82, 2.24) is 0 Å². The molecule has 0 radical (unpaired) electrons. The van der Waals surface area contributed by atoms with Crippen LogP contribution in [0.15, 0.2) is 8.89 Å². The highest BCUT2D eigenvalue weighted by Crippen LogP contribution is 2.42. The third kappa shape index (κ3) is 1.85. The van der Waals surface area contributed by atoms with E-state index >= 15 is 0 Å². The van der Waals surface area contributed by atoms with Crippen LogP contribution in [0, 0.1) is 0 Å². The fraction of sp³-hybridized carbons (Fsp3) is 0.714. The monoisotopic (exact) mass is 282 g/mol. The maximum atomic E-state index is 6.11. The van der Waals surface area contributed by atoms with Gasteiger partial charge in [0, 0.05) is 17.9 Å². The van der Waals surface area contributed by atoms with Crippen LogP contribution in [0.1, 0.15) is 67.9 Å². The molecule has 0 spiro atoms. The van der Waals surface area contributed by atoms with Crippen LogP contribution in [0.25, 0.3) is 0 Å². The van der Waals surface area contributed by atoms with Crippen LogP contribution in [-0.4, -0.2) is 0 Å². The molecule has 0 unspecified atom stereocenters. The Balaban J connectivity index is 1.88. The first-order valence-electron chi connectivity index (χ1n) is 6.66. The second kappa shape index (κ2) is 4.56. The first-order chi connectivity index (χ1) is 7.86. The lowest BCUT2D eigenvalue weighted by Gasteiger charge is -2.11. The summed E-state index contributed by atoms with van der Waals surface area (Å²) in [4.78, 5) is 0. The molecule has 2 heteroatoms. The molecule has 0 aliphatic heterocycles. The van der Waals surface area contributed by atoms with E-state index in [1.165, 1.54) is 72.9 Å². The molecule has 0 saturated heterocycles. The number of fused-ring (bicyclic) bond motifs is 1. The van der Waals surface area contributed by atoms with Crippen LogP contribution in [0.3, 0.4) is 0 Å². The van der Waals surface area contributed by atoms with Crippen LogP contribution in [0.2, 0.25) is 0 Å². The van der Waals surface area contributed by atoms with E-state index in [4.69, 9.17) is 4.42 Å². The van der Waals surface area contributed by atoms with Gasteiger partial charge in [0.1, 0.15) is 11.5 Å². The predicted molar refractivity (Wildman–Crippen MR) is 68.9 cm³/mol. The van der Waals surface area contributed by atoms with Gasteiger partial charge in [0.25, 0.3) is 0 Å². The van der Waals surface area contributed by atoms with Crippen LogP contribution < -0.4 is 0 Å². The highest BCUT2D eigenvalue weighted by atomic mass is 79.9. The van der Waals surface area contributed by atoms with E-state index < -0.39 is 0 Å². The van der Waals surface area contributed by atoms with Crippen molar-refractivity contribution in [1.29, 1.82) is 0 Å². The fourth-order valence-electron chi connectivity index (χ4n) is 3.19. The highest BCUT2D eigenvalue weighted by Gasteiger charge is 2.27. The summed E-state index contributed by atoms with van der Waals surface area (Å²) >= 11 is 3.77. The summed E-state index contributed by atoms with van der Waals surface area (Å²) in [5, 5.41) is 0. The second-order valence-electron chi connectivity index (χ2n) is 5.22. The minimum absolute atomic E-state index is 0.683. The number of halogens is 1. The molecule has 2 aliphatic rings. The minimum Gasteiger partial charge on any atom is -0.464 e. The molecule has 1 aromatic rings. The van der Waals surface area contributed by atoms with Gasteiger partial charge < -0.3 is 4.42 Å². The van der Waals surface area contributed by atoms with Crippen LogP contribution >= 0.6 is 15.9 Å². The molecule has 88 valence electrons. The van der Waals surface area contributed by atoms with Crippen LogP contribution in [0.4, 0.5) is 0 Å². The van der Waals surface area contributed by atoms with Gasteiger partial charge in [0.2, 0.25) is 0 Å². The first-order valence-corrected chi connectivity index (χ1v) is 7.45. The first kappa shape index (κ1) is 10.9. The van der Waals surface area contributed by atoms with Crippen molar-refractivity contribution in [2.45, 2.75) is 63.7 Å². The topological polar surface area (TPSA) is 13.1 Å². The number of aryl methyl sites for hydroxylation is 1. The van der Waals surface area contributed by atoms with Crippen molar-refractivity contribution in [3.05, 3.63) is 21.6 Å². The van der Waals surface area contributed by atoms with Gasteiger partial charge in [-0.15, -0.1) is 0 Å². The molecule has 3 rings (SSSR count). The summed E-state index contributed by atoms with van der Waals surface area (Å²) in [5.41, 5.74) is 1.47. The molecule has 1 saturated carbocycles. The fourth-order valence-corrected chi connectivity index (χ4v) is 4.02. The molecule has 1 nitrogen and oxygen atoms in total. The molecule has 1 heterocycles. The summed E-state index contributed by atoms with van der Waals surface area (Å²) in [6, 6.07) is 0. The Morgan fingerprint density at radius 2 is 1.69 bits per heavy atom. The van der Waals surface area contributed by atoms with Crippen molar-refractivity contribution in [2.24, 2.45) is 0 Å². The lowest BCUT2D eigenvalue weighted by atomic mass is 9.97. The Hall–Kier alpha value is -0.240. The maximum Gasteiger partial charge on any atom is 0.121 e. The zero-order chi connectivity index (χ0) is 11.0. The summed E-state index contributed by atoms with van der Waals surface area (Å²) in [6.07, 6.45) is 11.9. The SMILES string of the molecule is Brc1c(C2CCCCCC2)oc2c1CCC2. The summed E-state index contributed by atoms with van der Waals surface area (Å²) in [5.74, 6) is 3.22. The van der Waals surface area contributed by atoms with Gasteiger partial charge in [0.15, 0.2) is 0 Å². The summed E-state index contributed by atoms with van der Waals surface area (Å²) in [7, 11) is 0. The second-order valence-corrected chi connectivity index (χ2v) is 6.02. The highest BCUT2D eigenvalue weighted by molar-refractivity contribution is 9.10. The van der Waals surface area contributed by atoms with Gasteiger partial charge in [-0.1, -0.05) is 25.7 Å². The van der Waals surface area contributed by atoms with Gasteiger partial charge in [-0.3, -0.25) is 0 Å². The van der Waals surface area contributed by atoms with Crippen molar-refractivity contribution >= 4 is 15.9 Å². The molecule has 0 aromatic carbocycles. The predicted octanol–water partition coefficient (Wildman–Crippen LogP) is 4.97. The number of rotatable bonds is 1. The van der Waals surface area contributed by atoms with Crippen LogP contribution in [-0.2, 0) is 12.8 Å². The Bertz CT molecular complexity index is 372. The number of hydrogen-bond donors (Lipinski definition) is 0. The average Bonchev–Trinajstić information content (AvgIpc) is 2.74. The third-order valence-electron chi connectivity index (χ3n) is 4.11. The van der Waals surface area contributed by atoms with E-state index in [1.54, 1.807) is 0 Å². The summed E-state index contributed by atoms with van der Waals surface area (Å²) < 4.78 is 7.42. The van der Waals surface area contributed by atoms with E-state index in [2.05, 4.69) is 15.9 Å². The Morgan fingerprint density at radius 1 is 0.938 bits per heavy atom. The largest absolute Gasteiger partial charge is 0.464 e. The molecule has 1 aromatic heterocycles. The van der Waals surface area contributed by atoms with Crippen molar-refractivity contribution in [3.8, 4) is 0 Å². The molecule has 0 N–H and O–H groups in total. The molecule has 16 heavy (non-hydrogen) atoms. The van der Waals surface area contributed by atoms with Gasteiger partial charge in [-0.25, -0.2) is 0 Å². The zero-order valence-electron chi connectivity index (χ0n) is 9.73. The Labute approximate surface area is 106 Å². The Kier molecular flexibility index (Phi) is 3.10. The average molecular weight is 283 g/mol. The maximum absolute atomic E-state index is 6.11. The third-order valence-corrected chi connectivity index (χ3v) is 4.98. The van der Waals surface area contributed by atoms with Crippen molar-refractivity contribution in [2.75, 3.05) is 0 Å². The Morgan fingerprint density at radius 3 is 2.38 bits per heavy atom. The molecule has 0 atom stereocenters. The molecular weight excluding hydrogens is 264 g/mol. The normalized spacial score (nSPS) is 22.1. The van der Waals surface area contributed by atoms with E-state index in [0.29, 0.717) is 5.92 Å². The lowest BCUT2D eigenvalue weighted by Crippen LogP contribution is -1.96. The number of hydrogen-bond acceptors (Lipinski definition) is 1. The van der Waals surface area contributed by atoms with Gasteiger partial charge in [-0.05, 0) is 41.6 Å². The lowest BCUT2D eigenvalue weighted by molar-refractivity contribution is 0.409. The molecular formula is C14H19BrO. The molecule has 0 bridgehead atoms. The van der Waals surface area contributed by atoms with E-state index in [1.807, 2.05) is 0 Å². The smallest absolute Gasteiger partial charge is 0.121 e. The standard InChI is InChI=1S/C14H19BrO/c15-13-11-8-5-9-12(11)16-14(13)10-6-3-1-2-4-7-10/h10H,1-9H2.